The van der Waals surface area contributed by atoms with Gasteiger partial charge in [-0.15, -0.1) is 0 Å². The lowest BCUT2D eigenvalue weighted by molar-refractivity contribution is 0.622. The molecule has 0 amide bonds. The molecule has 0 saturated heterocycles. The molecule has 0 unspecified atom stereocenters. The van der Waals surface area contributed by atoms with Crippen molar-refractivity contribution in [2.24, 2.45) is 0 Å². The van der Waals surface area contributed by atoms with Crippen LogP contribution in [-0.4, -0.2) is 4.98 Å². The van der Waals surface area contributed by atoms with Gasteiger partial charge in [0.05, 0.1) is 5.39 Å². The summed E-state index contributed by atoms with van der Waals surface area (Å²) in [5, 5.41) is 4.39. The molecule has 0 spiro atoms. The quantitative estimate of drug-likeness (QED) is 0.179. The Labute approximate surface area is 294 Å². The number of rotatable bonds is 6. The van der Waals surface area contributed by atoms with Crippen molar-refractivity contribution in [3.05, 3.63) is 182 Å². The molecule has 240 valence electrons. The first-order valence-electron chi connectivity index (χ1n) is 17.1. The van der Waals surface area contributed by atoms with E-state index in [1.54, 1.807) is 0 Å². The molecular weight excluding hydrogens is 625 g/mol. The third-order valence-corrected chi connectivity index (χ3v) is 9.69. The van der Waals surface area contributed by atoms with Crippen molar-refractivity contribution < 1.29 is 8.83 Å². The highest BCUT2D eigenvalue weighted by molar-refractivity contribution is 6.17. The minimum absolute atomic E-state index is 0.598. The van der Waals surface area contributed by atoms with Crippen LogP contribution in [0.4, 0.5) is 17.1 Å². The molecule has 10 aromatic rings. The Balaban J connectivity index is 1.12. The van der Waals surface area contributed by atoms with Crippen LogP contribution >= 0.6 is 0 Å². The van der Waals surface area contributed by atoms with Crippen LogP contribution < -0.4 is 4.90 Å². The molecule has 8 aromatic carbocycles. The van der Waals surface area contributed by atoms with Gasteiger partial charge < -0.3 is 13.7 Å². The van der Waals surface area contributed by atoms with Gasteiger partial charge >= 0.3 is 0 Å². The summed E-state index contributed by atoms with van der Waals surface area (Å²) in [6, 6.07) is 63.5. The summed E-state index contributed by atoms with van der Waals surface area (Å²) in [6.07, 6.45) is 0. The van der Waals surface area contributed by atoms with Crippen molar-refractivity contribution in [3.8, 4) is 33.7 Å². The lowest BCUT2D eigenvalue weighted by atomic mass is 9.98. The van der Waals surface area contributed by atoms with Crippen LogP contribution in [-0.2, 0) is 0 Å². The second kappa shape index (κ2) is 11.9. The van der Waals surface area contributed by atoms with E-state index >= 15 is 0 Å². The van der Waals surface area contributed by atoms with Gasteiger partial charge in [0.15, 0.2) is 5.58 Å². The van der Waals surface area contributed by atoms with E-state index in [0.717, 1.165) is 61.2 Å². The third-order valence-electron chi connectivity index (χ3n) is 9.69. The molecule has 51 heavy (non-hydrogen) atoms. The molecular formula is C47H30N2O2. The minimum Gasteiger partial charge on any atom is -0.456 e. The topological polar surface area (TPSA) is 42.4 Å². The Morgan fingerprint density at radius 1 is 0.412 bits per heavy atom. The van der Waals surface area contributed by atoms with Crippen molar-refractivity contribution in [1.82, 2.24) is 4.98 Å². The average molecular weight is 655 g/mol. The highest BCUT2D eigenvalue weighted by Crippen LogP contribution is 2.42. The Bertz CT molecular complexity index is 2850. The second-order valence-electron chi connectivity index (χ2n) is 12.8. The lowest BCUT2D eigenvalue weighted by Gasteiger charge is -2.26. The van der Waals surface area contributed by atoms with Gasteiger partial charge in [-0.3, -0.25) is 0 Å². The molecule has 0 aliphatic rings. The number of hydrogen-bond donors (Lipinski definition) is 0. The maximum Gasteiger partial charge on any atom is 0.227 e. The highest BCUT2D eigenvalue weighted by Gasteiger charge is 2.20. The Morgan fingerprint density at radius 2 is 1.10 bits per heavy atom. The van der Waals surface area contributed by atoms with Crippen LogP contribution in [0.2, 0.25) is 0 Å². The maximum absolute atomic E-state index is 6.53. The van der Waals surface area contributed by atoms with Gasteiger partial charge in [0, 0.05) is 34.1 Å². The van der Waals surface area contributed by atoms with Crippen LogP contribution in [0.3, 0.4) is 0 Å². The van der Waals surface area contributed by atoms with Crippen molar-refractivity contribution in [2.45, 2.75) is 0 Å². The highest BCUT2D eigenvalue weighted by atomic mass is 16.4. The predicted molar refractivity (Wildman–Crippen MR) is 210 cm³/mol. The fourth-order valence-electron chi connectivity index (χ4n) is 7.25. The molecule has 0 fully saturated rings. The van der Waals surface area contributed by atoms with E-state index in [9.17, 15) is 0 Å². The molecule has 0 radical (unpaired) electrons. The van der Waals surface area contributed by atoms with E-state index in [4.69, 9.17) is 13.8 Å². The van der Waals surface area contributed by atoms with Gasteiger partial charge in [0.1, 0.15) is 16.7 Å². The van der Waals surface area contributed by atoms with Gasteiger partial charge in [-0.25, -0.2) is 4.98 Å². The van der Waals surface area contributed by atoms with Crippen LogP contribution in [0.15, 0.2) is 191 Å². The van der Waals surface area contributed by atoms with Crippen LogP contribution in [0.5, 0.6) is 0 Å². The molecule has 2 heterocycles. The summed E-state index contributed by atoms with van der Waals surface area (Å²) in [7, 11) is 0. The molecule has 0 aliphatic heterocycles. The van der Waals surface area contributed by atoms with Crippen molar-refractivity contribution in [2.75, 3.05) is 4.90 Å². The summed E-state index contributed by atoms with van der Waals surface area (Å²) in [5.74, 6) is 0.598. The fraction of sp³-hybridized carbons (Fsp3) is 0. The average Bonchev–Trinajstić information content (AvgIpc) is 3.80. The number of nitrogens with zero attached hydrogens (tertiary/aromatic N) is 2. The maximum atomic E-state index is 6.53. The summed E-state index contributed by atoms with van der Waals surface area (Å²) >= 11 is 0. The van der Waals surface area contributed by atoms with Crippen molar-refractivity contribution in [3.63, 3.8) is 0 Å². The van der Waals surface area contributed by atoms with Crippen LogP contribution in [0.25, 0.3) is 77.5 Å². The van der Waals surface area contributed by atoms with Crippen molar-refractivity contribution in [1.29, 1.82) is 0 Å². The van der Waals surface area contributed by atoms with E-state index in [0.29, 0.717) is 5.89 Å². The third kappa shape index (κ3) is 5.04. The number of aromatic nitrogens is 1. The molecule has 10 rings (SSSR count). The summed E-state index contributed by atoms with van der Waals surface area (Å²) < 4.78 is 12.9. The van der Waals surface area contributed by atoms with E-state index in [-0.39, 0.29) is 0 Å². The summed E-state index contributed by atoms with van der Waals surface area (Å²) in [6.45, 7) is 0. The zero-order valence-electron chi connectivity index (χ0n) is 27.5. The number of oxazole rings is 1. The molecule has 2 aromatic heterocycles. The Hall–Kier alpha value is -6.91. The first-order valence-corrected chi connectivity index (χ1v) is 17.1. The molecule has 0 N–H and O–H groups in total. The summed E-state index contributed by atoms with van der Waals surface area (Å²) in [4.78, 5) is 7.10. The van der Waals surface area contributed by atoms with E-state index in [1.807, 2.05) is 42.5 Å². The number of furan rings is 1. The van der Waals surface area contributed by atoms with Crippen LogP contribution in [0.1, 0.15) is 0 Å². The molecule has 0 aliphatic carbocycles. The normalized spacial score (nSPS) is 11.5. The first-order chi connectivity index (χ1) is 25.3. The minimum atomic E-state index is 0.598. The lowest BCUT2D eigenvalue weighted by Crippen LogP contribution is -2.10. The number of anilines is 3. The van der Waals surface area contributed by atoms with Gasteiger partial charge in [-0.2, -0.15) is 0 Å². The zero-order chi connectivity index (χ0) is 33.7. The Kier molecular flexibility index (Phi) is 6.78. The Morgan fingerprint density at radius 3 is 1.94 bits per heavy atom. The molecule has 0 bridgehead atoms. The van der Waals surface area contributed by atoms with E-state index < -0.39 is 0 Å². The monoisotopic (exact) mass is 654 g/mol. The van der Waals surface area contributed by atoms with E-state index in [2.05, 4.69) is 144 Å². The number of hydrogen-bond acceptors (Lipinski definition) is 4. The molecule has 4 heteroatoms. The van der Waals surface area contributed by atoms with E-state index in [1.165, 1.54) is 27.5 Å². The molecule has 0 atom stereocenters. The zero-order valence-corrected chi connectivity index (χ0v) is 27.5. The number of benzene rings is 8. The van der Waals surface area contributed by atoms with Gasteiger partial charge in [0.25, 0.3) is 0 Å². The molecule has 4 nitrogen and oxygen atoms in total. The van der Waals surface area contributed by atoms with Gasteiger partial charge in [-0.1, -0.05) is 115 Å². The van der Waals surface area contributed by atoms with Gasteiger partial charge in [-0.05, 0) is 93.7 Å². The largest absolute Gasteiger partial charge is 0.456 e. The fourth-order valence-corrected chi connectivity index (χ4v) is 7.25. The SMILES string of the molecule is c1ccc(-c2cccc(N(c3ccc(-c4cccc5ccccc45)cc3)c3ccc4c(c3)oc3ccc5nc(-c6ccccc6)oc5c34)c2)cc1. The summed E-state index contributed by atoms with van der Waals surface area (Å²) in [5.41, 5.74) is 11.8. The van der Waals surface area contributed by atoms with Crippen molar-refractivity contribution >= 4 is 60.9 Å². The standard InChI is InChI=1S/C47H30N2O2/c1-3-11-31(12-4-1)35-17-9-18-37(29-35)49(36-23-21-33(22-24-36)40-20-10-16-32-13-7-8-19-39(32)40)38-25-26-41-44(30-38)50-43-28-27-42-46(45(41)43)51-47(48-42)34-14-5-2-6-15-34/h1-30H. The number of fused-ring (bicyclic) bond motifs is 6. The van der Waals surface area contributed by atoms with Gasteiger partial charge in [0.2, 0.25) is 5.89 Å². The predicted octanol–water partition coefficient (Wildman–Crippen LogP) is 13.4. The second-order valence-corrected chi connectivity index (χ2v) is 12.8. The smallest absolute Gasteiger partial charge is 0.227 e. The first kappa shape index (κ1) is 29.0. The molecule has 0 saturated carbocycles. The van der Waals surface area contributed by atoms with Crippen LogP contribution in [0, 0.1) is 0 Å².